The van der Waals surface area contributed by atoms with Crippen molar-refractivity contribution in [3.05, 3.63) is 68.5 Å². The van der Waals surface area contributed by atoms with Gasteiger partial charge < -0.3 is 15.5 Å². The van der Waals surface area contributed by atoms with Crippen molar-refractivity contribution in [3.8, 4) is 0 Å². The van der Waals surface area contributed by atoms with E-state index in [2.05, 4.69) is 11.1 Å². The van der Waals surface area contributed by atoms with Crippen molar-refractivity contribution in [1.29, 1.82) is 0 Å². The summed E-state index contributed by atoms with van der Waals surface area (Å²) in [5.74, 6) is -0.0238. The summed E-state index contributed by atoms with van der Waals surface area (Å²) in [5.41, 5.74) is 7.23. The molecule has 0 saturated carbocycles. The monoisotopic (exact) mass is 425 g/mol. The van der Waals surface area contributed by atoms with Gasteiger partial charge in [-0.3, -0.25) is 19.1 Å². The summed E-state index contributed by atoms with van der Waals surface area (Å²) in [7, 11) is 0. The van der Waals surface area contributed by atoms with Gasteiger partial charge in [0.1, 0.15) is 11.5 Å². The molecule has 0 spiro atoms. The van der Waals surface area contributed by atoms with Crippen molar-refractivity contribution >= 4 is 17.4 Å². The summed E-state index contributed by atoms with van der Waals surface area (Å²) >= 11 is 0. The highest BCUT2D eigenvalue weighted by molar-refractivity contribution is 5.84. The Labute approximate surface area is 182 Å². The number of allylic oxidation sites excluding steroid dienone is 2. The third-order valence-corrected chi connectivity index (χ3v) is 5.65. The van der Waals surface area contributed by atoms with Crippen LogP contribution in [0.4, 0.5) is 11.5 Å². The van der Waals surface area contributed by atoms with Crippen LogP contribution in [0.1, 0.15) is 45.1 Å². The number of nitrogens with one attached hydrogen (secondary N) is 1. The molecule has 8 nitrogen and oxygen atoms in total. The van der Waals surface area contributed by atoms with Crippen LogP contribution in [0.2, 0.25) is 0 Å². The van der Waals surface area contributed by atoms with Crippen LogP contribution in [0.3, 0.4) is 0 Å². The van der Waals surface area contributed by atoms with Crippen LogP contribution in [0.25, 0.3) is 0 Å². The minimum Gasteiger partial charge on any atom is -0.383 e. The molecule has 3 rings (SSSR count). The van der Waals surface area contributed by atoms with E-state index in [1.54, 1.807) is 9.80 Å². The fraction of sp³-hybridized carbons (Fsp3) is 0.435. The van der Waals surface area contributed by atoms with Crippen molar-refractivity contribution in [2.45, 2.75) is 46.1 Å². The predicted octanol–water partition coefficient (Wildman–Crippen LogP) is 2.30. The van der Waals surface area contributed by atoms with Gasteiger partial charge in [-0.2, -0.15) is 0 Å². The number of nitrogen functional groups attached to an aromatic ring is 1. The van der Waals surface area contributed by atoms with Crippen LogP contribution in [-0.2, 0) is 11.3 Å². The highest BCUT2D eigenvalue weighted by Crippen LogP contribution is 2.22. The lowest BCUT2D eigenvalue weighted by molar-refractivity contribution is -0.127. The maximum atomic E-state index is 13.1. The first-order valence-electron chi connectivity index (χ1n) is 10.9. The van der Waals surface area contributed by atoms with E-state index in [0.717, 1.165) is 36.9 Å². The minimum absolute atomic E-state index is 0.0124. The van der Waals surface area contributed by atoms with Gasteiger partial charge >= 0.3 is 5.69 Å². The molecule has 0 unspecified atom stereocenters. The number of benzene rings is 1. The number of likely N-dealkylation sites (N-methyl/N-ethyl adjacent to an activating group) is 2. The van der Waals surface area contributed by atoms with Gasteiger partial charge in [-0.15, -0.1) is 0 Å². The Morgan fingerprint density at radius 3 is 2.48 bits per heavy atom. The van der Waals surface area contributed by atoms with Crippen LogP contribution in [0.15, 0.2) is 51.7 Å². The first-order chi connectivity index (χ1) is 15.0. The number of carbonyl (C=O) groups is 1. The number of anilines is 2. The Hall–Kier alpha value is -3.29. The van der Waals surface area contributed by atoms with Crippen LogP contribution < -0.4 is 21.9 Å². The fourth-order valence-corrected chi connectivity index (χ4v) is 4.01. The molecular formula is C23H31N5O3. The largest absolute Gasteiger partial charge is 0.383 e. The number of hydrogen-bond acceptors (Lipinski definition) is 5. The van der Waals surface area contributed by atoms with Gasteiger partial charge in [0.25, 0.3) is 5.56 Å². The summed E-state index contributed by atoms with van der Waals surface area (Å²) in [6.07, 6.45) is 6.21. The first kappa shape index (κ1) is 22.4. The van der Waals surface area contributed by atoms with Gasteiger partial charge in [0.2, 0.25) is 5.91 Å². The Morgan fingerprint density at radius 2 is 1.87 bits per heavy atom. The van der Waals surface area contributed by atoms with E-state index in [1.165, 1.54) is 4.57 Å². The topological polar surface area (TPSA) is 104 Å². The molecule has 0 saturated heterocycles. The van der Waals surface area contributed by atoms with Gasteiger partial charge in [0, 0.05) is 18.8 Å². The average molecular weight is 426 g/mol. The molecule has 1 aliphatic carbocycles. The van der Waals surface area contributed by atoms with Crippen molar-refractivity contribution in [2.24, 2.45) is 0 Å². The Kier molecular flexibility index (Phi) is 7.33. The molecule has 31 heavy (non-hydrogen) atoms. The quantitative estimate of drug-likeness (QED) is 0.675. The van der Waals surface area contributed by atoms with E-state index in [1.807, 2.05) is 44.2 Å². The summed E-state index contributed by atoms with van der Waals surface area (Å²) < 4.78 is 1.33. The molecule has 8 heteroatoms. The second-order valence-corrected chi connectivity index (χ2v) is 7.66. The molecule has 1 amide bonds. The smallest absolute Gasteiger partial charge is 0.330 e. The maximum absolute atomic E-state index is 13.1. The Morgan fingerprint density at radius 1 is 1.13 bits per heavy atom. The van der Waals surface area contributed by atoms with Crippen molar-refractivity contribution < 1.29 is 4.79 Å². The summed E-state index contributed by atoms with van der Waals surface area (Å²) in [6.45, 7) is 5.02. The lowest BCUT2D eigenvalue weighted by atomic mass is 10.0. The van der Waals surface area contributed by atoms with E-state index in [0.29, 0.717) is 13.1 Å². The predicted molar refractivity (Wildman–Crippen MR) is 123 cm³/mol. The molecule has 1 aliphatic rings. The molecule has 1 heterocycles. The number of hydrogen-bond donors (Lipinski definition) is 2. The summed E-state index contributed by atoms with van der Waals surface area (Å²) in [5, 5.41) is 0. The highest BCUT2D eigenvalue weighted by atomic mass is 16.2. The van der Waals surface area contributed by atoms with Gasteiger partial charge in [-0.1, -0.05) is 36.4 Å². The standard InChI is InChI=1S/C23H31N5O3/c1-3-26(16-19(29)27(4-2)18-13-9-6-10-14-18)20-21(24)28(23(31)25-22(20)30)15-17-11-7-5-8-12-17/h5,7-8,11-13H,3-4,6,9-10,14-16,24H2,1-2H3,(H,25,30,31). The molecule has 1 aromatic carbocycles. The van der Waals surface area contributed by atoms with E-state index < -0.39 is 11.2 Å². The second kappa shape index (κ2) is 10.1. The number of nitrogens with two attached hydrogens (primary N) is 1. The zero-order valence-electron chi connectivity index (χ0n) is 18.3. The lowest BCUT2D eigenvalue weighted by Crippen LogP contribution is -2.44. The second-order valence-electron chi connectivity index (χ2n) is 7.66. The van der Waals surface area contributed by atoms with Gasteiger partial charge in [0.05, 0.1) is 13.1 Å². The number of nitrogens with zero attached hydrogens (tertiary/aromatic N) is 3. The maximum Gasteiger partial charge on any atom is 0.330 e. The average Bonchev–Trinajstić information content (AvgIpc) is 2.77. The van der Waals surface area contributed by atoms with E-state index in [-0.39, 0.29) is 30.5 Å². The molecular weight excluding hydrogens is 394 g/mol. The number of H-pyrrole nitrogens is 1. The van der Waals surface area contributed by atoms with Crippen LogP contribution in [0, 0.1) is 0 Å². The van der Waals surface area contributed by atoms with Gasteiger partial charge in [-0.25, -0.2) is 4.79 Å². The SMILES string of the molecule is CCN(C(=O)CN(CC)c1c(N)n(Cc2ccccc2)c(=O)[nH]c1=O)C1=CCCCC1. The lowest BCUT2D eigenvalue weighted by Gasteiger charge is -2.30. The van der Waals surface area contributed by atoms with E-state index in [9.17, 15) is 14.4 Å². The van der Waals surface area contributed by atoms with E-state index >= 15 is 0 Å². The number of carbonyl (C=O) groups excluding carboxylic acids is 1. The first-order valence-corrected chi connectivity index (χ1v) is 10.9. The minimum atomic E-state index is -0.582. The Balaban J connectivity index is 1.91. The third kappa shape index (κ3) is 5.07. The van der Waals surface area contributed by atoms with Crippen molar-refractivity contribution in [1.82, 2.24) is 14.5 Å². The van der Waals surface area contributed by atoms with Crippen LogP contribution in [-0.4, -0.2) is 40.0 Å². The molecule has 0 aliphatic heterocycles. The molecule has 0 atom stereocenters. The summed E-state index contributed by atoms with van der Waals surface area (Å²) in [6, 6.07) is 9.40. The van der Waals surface area contributed by atoms with Gasteiger partial charge in [0.15, 0.2) is 0 Å². The van der Waals surface area contributed by atoms with Crippen LogP contribution in [0.5, 0.6) is 0 Å². The highest BCUT2D eigenvalue weighted by Gasteiger charge is 2.24. The fourth-order valence-electron chi connectivity index (χ4n) is 4.01. The summed E-state index contributed by atoms with van der Waals surface area (Å²) in [4.78, 5) is 44.0. The van der Waals surface area contributed by atoms with Crippen molar-refractivity contribution in [3.63, 3.8) is 0 Å². The van der Waals surface area contributed by atoms with Crippen molar-refractivity contribution in [2.75, 3.05) is 30.3 Å². The molecule has 1 aromatic heterocycles. The number of aromatic amines is 1. The number of amides is 1. The normalized spacial score (nSPS) is 13.5. The number of rotatable bonds is 8. The zero-order valence-corrected chi connectivity index (χ0v) is 18.3. The number of aromatic nitrogens is 2. The molecule has 166 valence electrons. The third-order valence-electron chi connectivity index (χ3n) is 5.65. The molecule has 0 fully saturated rings. The molecule has 3 N–H and O–H groups in total. The van der Waals surface area contributed by atoms with Crippen LogP contribution >= 0.6 is 0 Å². The van der Waals surface area contributed by atoms with Gasteiger partial charge in [-0.05, 0) is 45.1 Å². The molecule has 2 aromatic rings. The zero-order chi connectivity index (χ0) is 22.4. The molecule has 0 radical (unpaired) electrons. The molecule has 0 bridgehead atoms. The Bertz CT molecular complexity index is 1060. The van der Waals surface area contributed by atoms with E-state index in [4.69, 9.17) is 5.73 Å².